The molecule has 0 saturated heterocycles. The molecule has 0 bridgehead atoms. The van der Waals surface area contributed by atoms with E-state index in [1.54, 1.807) is 18.5 Å². The fourth-order valence-electron chi connectivity index (χ4n) is 2.56. The van der Waals surface area contributed by atoms with Crippen LogP contribution in [0.15, 0.2) is 48.5 Å². The zero-order chi connectivity index (χ0) is 17.3. The quantitative estimate of drug-likeness (QED) is 0.790. The molecule has 0 atom stereocenters. The van der Waals surface area contributed by atoms with E-state index < -0.39 is 17.5 Å². The van der Waals surface area contributed by atoms with Gasteiger partial charge in [-0.15, -0.1) is 0 Å². The molecule has 2 aromatic carbocycles. The Balaban J connectivity index is 1.93. The van der Waals surface area contributed by atoms with Crippen LogP contribution >= 0.6 is 0 Å². The molecular formula is C18H15F2N3O. The van der Waals surface area contributed by atoms with E-state index in [-0.39, 0.29) is 5.69 Å². The SMILES string of the molecule is Cc1nn(-c2ccccc2)c(C)c1C(=O)Nc1ccc(F)c(F)c1. The van der Waals surface area contributed by atoms with Crippen LogP contribution in [0.1, 0.15) is 21.7 Å². The molecule has 6 heteroatoms. The number of carbonyl (C=O) groups excluding carboxylic acids is 1. The summed E-state index contributed by atoms with van der Waals surface area (Å²) in [7, 11) is 0. The summed E-state index contributed by atoms with van der Waals surface area (Å²) in [6.45, 7) is 3.51. The Morgan fingerprint density at radius 1 is 1.04 bits per heavy atom. The molecule has 122 valence electrons. The summed E-state index contributed by atoms with van der Waals surface area (Å²) in [4.78, 5) is 12.5. The minimum absolute atomic E-state index is 0.185. The molecule has 1 N–H and O–H groups in total. The molecule has 1 amide bonds. The van der Waals surface area contributed by atoms with Gasteiger partial charge in [-0.25, -0.2) is 13.5 Å². The number of nitrogens with zero attached hydrogens (tertiary/aromatic N) is 2. The molecule has 0 unspecified atom stereocenters. The van der Waals surface area contributed by atoms with Crippen LogP contribution in [0.25, 0.3) is 5.69 Å². The Labute approximate surface area is 137 Å². The van der Waals surface area contributed by atoms with Gasteiger partial charge in [0, 0.05) is 11.8 Å². The normalized spacial score (nSPS) is 10.7. The van der Waals surface area contributed by atoms with Crippen molar-refractivity contribution < 1.29 is 13.6 Å². The van der Waals surface area contributed by atoms with Crippen LogP contribution in [0.2, 0.25) is 0 Å². The number of carbonyl (C=O) groups is 1. The lowest BCUT2D eigenvalue weighted by molar-refractivity contribution is 0.102. The number of aromatic nitrogens is 2. The third kappa shape index (κ3) is 2.90. The zero-order valence-electron chi connectivity index (χ0n) is 13.2. The predicted octanol–water partition coefficient (Wildman–Crippen LogP) is 4.02. The molecule has 0 aliphatic rings. The fraction of sp³-hybridized carbons (Fsp3) is 0.111. The average Bonchev–Trinajstić information content (AvgIpc) is 2.86. The summed E-state index contributed by atoms with van der Waals surface area (Å²) in [6.07, 6.45) is 0. The van der Waals surface area contributed by atoms with Crippen molar-refractivity contribution in [3.05, 3.63) is 77.1 Å². The van der Waals surface area contributed by atoms with Crippen molar-refractivity contribution in [1.29, 1.82) is 0 Å². The smallest absolute Gasteiger partial charge is 0.259 e. The number of halogens is 2. The summed E-state index contributed by atoms with van der Waals surface area (Å²) in [5.74, 6) is -2.39. The molecule has 3 aromatic rings. The first-order valence-electron chi connectivity index (χ1n) is 7.35. The number of anilines is 1. The Kier molecular flexibility index (Phi) is 4.12. The van der Waals surface area contributed by atoms with Gasteiger partial charge in [0.05, 0.1) is 22.6 Å². The minimum Gasteiger partial charge on any atom is -0.322 e. The van der Waals surface area contributed by atoms with Gasteiger partial charge in [-0.1, -0.05) is 18.2 Å². The van der Waals surface area contributed by atoms with E-state index in [1.165, 1.54) is 6.07 Å². The zero-order valence-corrected chi connectivity index (χ0v) is 13.2. The van der Waals surface area contributed by atoms with Gasteiger partial charge in [-0.2, -0.15) is 5.10 Å². The molecule has 24 heavy (non-hydrogen) atoms. The second-order valence-electron chi connectivity index (χ2n) is 5.38. The maximum Gasteiger partial charge on any atom is 0.259 e. The third-order valence-corrected chi connectivity index (χ3v) is 3.70. The monoisotopic (exact) mass is 327 g/mol. The van der Waals surface area contributed by atoms with Crippen molar-refractivity contribution >= 4 is 11.6 Å². The van der Waals surface area contributed by atoms with E-state index in [2.05, 4.69) is 10.4 Å². The molecule has 1 heterocycles. The number of benzene rings is 2. The number of para-hydroxylation sites is 1. The van der Waals surface area contributed by atoms with Crippen LogP contribution < -0.4 is 5.32 Å². The highest BCUT2D eigenvalue weighted by Gasteiger charge is 2.19. The number of hydrogen-bond acceptors (Lipinski definition) is 2. The van der Waals surface area contributed by atoms with Gasteiger partial charge < -0.3 is 5.32 Å². The first kappa shape index (κ1) is 15.9. The van der Waals surface area contributed by atoms with E-state index >= 15 is 0 Å². The molecule has 0 aliphatic heterocycles. The summed E-state index contributed by atoms with van der Waals surface area (Å²) in [5.41, 5.74) is 2.65. The molecule has 0 fully saturated rings. The van der Waals surface area contributed by atoms with Crippen molar-refractivity contribution in [1.82, 2.24) is 9.78 Å². The van der Waals surface area contributed by atoms with Crippen LogP contribution in [0.3, 0.4) is 0 Å². The Morgan fingerprint density at radius 3 is 2.42 bits per heavy atom. The Morgan fingerprint density at radius 2 is 1.75 bits per heavy atom. The molecule has 1 aromatic heterocycles. The van der Waals surface area contributed by atoms with Crippen LogP contribution in [-0.4, -0.2) is 15.7 Å². The van der Waals surface area contributed by atoms with E-state index in [4.69, 9.17) is 0 Å². The van der Waals surface area contributed by atoms with Crippen LogP contribution in [0.4, 0.5) is 14.5 Å². The van der Waals surface area contributed by atoms with Crippen molar-refractivity contribution in [2.75, 3.05) is 5.32 Å². The molecular weight excluding hydrogens is 312 g/mol. The number of aryl methyl sites for hydroxylation is 1. The third-order valence-electron chi connectivity index (χ3n) is 3.70. The topological polar surface area (TPSA) is 46.9 Å². The number of amides is 1. The Hall–Kier alpha value is -3.02. The molecule has 0 aliphatic carbocycles. The lowest BCUT2D eigenvalue weighted by Gasteiger charge is -2.07. The van der Waals surface area contributed by atoms with Crippen molar-refractivity contribution in [3.63, 3.8) is 0 Å². The molecule has 0 saturated carbocycles. The summed E-state index contributed by atoms with van der Waals surface area (Å²) >= 11 is 0. The predicted molar refractivity (Wildman–Crippen MR) is 87.3 cm³/mol. The first-order chi connectivity index (χ1) is 11.5. The average molecular weight is 327 g/mol. The Bertz CT molecular complexity index is 904. The van der Waals surface area contributed by atoms with Crippen molar-refractivity contribution in [2.24, 2.45) is 0 Å². The molecule has 4 nitrogen and oxygen atoms in total. The molecule has 0 spiro atoms. The first-order valence-corrected chi connectivity index (χ1v) is 7.35. The largest absolute Gasteiger partial charge is 0.322 e. The number of rotatable bonds is 3. The highest BCUT2D eigenvalue weighted by atomic mass is 19.2. The van der Waals surface area contributed by atoms with E-state index in [1.807, 2.05) is 30.3 Å². The molecule has 0 radical (unpaired) electrons. The second kappa shape index (κ2) is 6.23. The van der Waals surface area contributed by atoms with E-state index in [0.717, 1.165) is 17.8 Å². The molecule has 3 rings (SSSR count). The second-order valence-corrected chi connectivity index (χ2v) is 5.38. The van der Waals surface area contributed by atoms with Gasteiger partial charge in [0.2, 0.25) is 0 Å². The van der Waals surface area contributed by atoms with Gasteiger partial charge in [0.15, 0.2) is 11.6 Å². The summed E-state index contributed by atoms with van der Waals surface area (Å²) in [5, 5.41) is 6.97. The van der Waals surface area contributed by atoms with Crippen LogP contribution in [0, 0.1) is 25.5 Å². The van der Waals surface area contributed by atoms with Crippen LogP contribution in [0.5, 0.6) is 0 Å². The van der Waals surface area contributed by atoms with E-state index in [0.29, 0.717) is 17.0 Å². The lowest BCUT2D eigenvalue weighted by Crippen LogP contribution is -2.14. The van der Waals surface area contributed by atoms with Gasteiger partial charge >= 0.3 is 0 Å². The van der Waals surface area contributed by atoms with Crippen LogP contribution in [-0.2, 0) is 0 Å². The maximum atomic E-state index is 13.3. The lowest BCUT2D eigenvalue weighted by atomic mass is 10.1. The van der Waals surface area contributed by atoms with Gasteiger partial charge in [-0.05, 0) is 38.1 Å². The highest BCUT2D eigenvalue weighted by Crippen LogP contribution is 2.20. The van der Waals surface area contributed by atoms with Gasteiger partial charge in [0.25, 0.3) is 5.91 Å². The van der Waals surface area contributed by atoms with Crippen molar-refractivity contribution in [3.8, 4) is 5.69 Å². The number of hydrogen-bond donors (Lipinski definition) is 1. The fourth-order valence-corrected chi connectivity index (χ4v) is 2.56. The van der Waals surface area contributed by atoms with Gasteiger partial charge in [-0.3, -0.25) is 4.79 Å². The minimum atomic E-state index is -1.01. The van der Waals surface area contributed by atoms with Crippen molar-refractivity contribution in [2.45, 2.75) is 13.8 Å². The summed E-state index contributed by atoms with van der Waals surface area (Å²) < 4.78 is 27.9. The summed E-state index contributed by atoms with van der Waals surface area (Å²) in [6, 6.07) is 12.7. The highest BCUT2D eigenvalue weighted by molar-refractivity contribution is 6.05. The van der Waals surface area contributed by atoms with Gasteiger partial charge in [0.1, 0.15) is 0 Å². The number of nitrogens with one attached hydrogen (secondary N) is 1. The maximum absolute atomic E-state index is 13.3. The van der Waals surface area contributed by atoms with E-state index in [9.17, 15) is 13.6 Å². The standard InChI is InChI=1S/C18H15F2N3O/c1-11-17(12(2)23(22-11)14-6-4-3-5-7-14)18(24)21-13-8-9-15(19)16(20)10-13/h3-10H,1-2H3,(H,21,24).